The van der Waals surface area contributed by atoms with Crippen LogP contribution in [0.2, 0.25) is 0 Å². The number of carbonyl (C=O) groups is 2. The smallest absolute Gasteiger partial charge is 0.324 e. The second-order valence-corrected chi connectivity index (χ2v) is 4.61. The molecule has 0 bridgehead atoms. The highest BCUT2D eigenvalue weighted by atomic mass is 16.2. The summed E-state index contributed by atoms with van der Waals surface area (Å²) in [5.41, 5.74) is 5.88. The van der Waals surface area contributed by atoms with Crippen LogP contribution in [-0.2, 0) is 4.79 Å². The first kappa shape index (κ1) is 11.3. The fraction of sp³-hybridized carbons (Fsp3) is 0.800. The van der Waals surface area contributed by atoms with Gasteiger partial charge in [-0.15, -0.1) is 0 Å². The topological polar surface area (TPSA) is 78.7 Å². The van der Waals surface area contributed by atoms with Crippen LogP contribution in [0.25, 0.3) is 0 Å². The van der Waals surface area contributed by atoms with Gasteiger partial charge in [-0.25, -0.2) is 4.79 Å². The minimum Gasteiger partial charge on any atom is -0.336 e. The lowest BCUT2D eigenvalue weighted by molar-refractivity contribution is -0.128. The van der Waals surface area contributed by atoms with Crippen molar-refractivity contribution in [2.75, 3.05) is 32.7 Å². The summed E-state index contributed by atoms with van der Waals surface area (Å²) < 4.78 is 0. The zero-order valence-electron chi connectivity index (χ0n) is 9.48. The number of nitrogens with one attached hydrogen (secondary N) is 1. The molecule has 0 spiro atoms. The summed E-state index contributed by atoms with van der Waals surface area (Å²) in [6.07, 6.45) is 0. The van der Waals surface area contributed by atoms with Gasteiger partial charge in [0.15, 0.2) is 0 Å². The number of rotatable bonds is 2. The number of carbonyl (C=O) groups excluding carboxylic acids is 2. The number of amides is 3. The van der Waals surface area contributed by atoms with Gasteiger partial charge in [0.05, 0.1) is 6.54 Å². The molecule has 3 N–H and O–H groups in total. The van der Waals surface area contributed by atoms with Crippen molar-refractivity contribution in [3.63, 3.8) is 0 Å². The van der Waals surface area contributed by atoms with E-state index >= 15 is 0 Å². The fourth-order valence-electron chi connectivity index (χ4n) is 2.21. The first-order valence-corrected chi connectivity index (χ1v) is 5.64. The maximum atomic E-state index is 11.8. The summed E-state index contributed by atoms with van der Waals surface area (Å²) in [4.78, 5) is 26.4. The third kappa shape index (κ3) is 2.17. The molecule has 90 valence electrons. The van der Waals surface area contributed by atoms with Crippen LogP contribution in [0.1, 0.15) is 6.92 Å². The van der Waals surface area contributed by atoms with Gasteiger partial charge in [0.2, 0.25) is 5.91 Å². The average Bonchev–Trinajstić information content (AvgIpc) is 2.74. The highest BCUT2D eigenvalue weighted by Gasteiger charge is 2.31. The summed E-state index contributed by atoms with van der Waals surface area (Å²) >= 11 is 0. The van der Waals surface area contributed by atoms with E-state index in [2.05, 4.69) is 12.2 Å². The number of hydrogen-bond acceptors (Lipinski definition) is 4. The third-order valence-corrected chi connectivity index (χ3v) is 3.26. The average molecular weight is 226 g/mol. The lowest BCUT2D eigenvalue weighted by Gasteiger charge is -2.18. The van der Waals surface area contributed by atoms with Gasteiger partial charge in [0, 0.05) is 32.2 Å². The molecule has 0 radical (unpaired) electrons. The quantitative estimate of drug-likeness (QED) is 0.621. The Hall–Kier alpha value is -1.14. The van der Waals surface area contributed by atoms with Gasteiger partial charge in [-0.2, -0.15) is 0 Å². The third-order valence-electron chi connectivity index (χ3n) is 3.26. The van der Waals surface area contributed by atoms with Gasteiger partial charge < -0.3 is 11.1 Å². The minimum absolute atomic E-state index is 0.128. The van der Waals surface area contributed by atoms with Crippen LogP contribution in [0.5, 0.6) is 0 Å². The molecular weight excluding hydrogens is 208 g/mol. The molecule has 2 saturated heterocycles. The normalized spacial score (nSPS) is 30.9. The van der Waals surface area contributed by atoms with Crippen molar-refractivity contribution in [1.82, 2.24) is 15.1 Å². The van der Waals surface area contributed by atoms with E-state index in [0.717, 1.165) is 13.1 Å². The minimum atomic E-state index is -0.276. The van der Waals surface area contributed by atoms with Crippen molar-refractivity contribution in [3.05, 3.63) is 0 Å². The summed E-state index contributed by atoms with van der Waals surface area (Å²) in [5, 5.41) is 2.62. The molecule has 2 heterocycles. The largest absolute Gasteiger partial charge is 0.336 e. The number of nitrogens with zero attached hydrogens (tertiary/aromatic N) is 2. The first-order chi connectivity index (χ1) is 7.58. The summed E-state index contributed by atoms with van der Waals surface area (Å²) in [5.74, 6) is 0.288. The van der Waals surface area contributed by atoms with Crippen LogP contribution in [0, 0.1) is 5.92 Å². The number of hydrogen-bond donors (Lipinski definition) is 2. The molecular formula is C10H18N4O2. The lowest BCUT2D eigenvalue weighted by Crippen LogP contribution is -2.41. The van der Waals surface area contributed by atoms with E-state index in [0.29, 0.717) is 25.6 Å². The van der Waals surface area contributed by atoms with Gasteiger partial charge in [0.25, 0.3) is 0 Å². The van der Waals surface area contributed by atoms with Crippen molar-refractivity contribution in [2.24, 2.45) is 11.7 Å². The second-order valence-electron chi connectivity index (χ2n) is 4.61. The number of likely N-dealkylation sites (tertiary alicyclic amines) is 1. The predicted octanol–water partition coefficient (Wildman–Crippen LogP) is -1.18. The molecule has 0 aromatic heterocycles. The van der Waals surface area contributed by atoms with Crippen molar-refractivity contribution in [1.29, 1.82) is 0 Å². The molecule has 0 saturated carbocycles. The molecule has 6 nitrogen and oxygen atoms in total. The van der Waals surface area contributed by atoms with Crippen molar-refractivity contribution >= 4 is 11.9 Å². The van der Waals surface area contributed by atoms with E-state index < -0.39 is 0 Å². The SMILES string of the molecule is CC1CN(CC(=O)N2CCNC2=O)CC1N. The van der Waals surface area contributed by atoms with Crippen LogP contribution >= 0.6 is 0 Å². The van der Waals surface area contributed by atoms with Gasteiger partial charge in [-0.1, -0.05) is 6.92 Å². The Kier molecular flexibility index (Phi) is 3.11. The first-order valence-electron chi connectivity index (χ1n) is 5.64. The number of nitrogens with two attached hydrogens (primary N) is 1. The molecule has 2 aliphatic rings. The van der Waals surface area contributed by atoms with Gasteiger partial charge >= 0.3 is 6.03 Å². The van der Waals surface area contributed by atoms with E-state index in [4.69, 9.17) is 5.73 Å². The van der Waals surface area contributed by atoms with Crippen molar-refractivity contribution in [3.8, 4) is 0 Å². The molecule has 2 atom stereocenters. The fourth-order valence-corrected chi connectivity index (χ4v) is 2.21. The molecule has 2 unspecified atom stereocenters. The monoisotopic (exact) mass is 226 g/mol. The molecule has 3 amide bonds. The number of urea groups is 1. The Bertz CT molecular complexity index is 297. The van der Waals surface area contributed by atoms with Crippen LogP contribution in [0.4, 0.5) is 4.79 Å². The van der Waals surface area contributed by atoms with Crippen LogP contribution in [0.3, 0.4) is 0 Å². The van der Waals surface area contributed by atoms with Gasteiger partial charge in [-0.3, -0.25) is 14.6 Å². The maximum absolute atomic E-state index is 11.8. The van der Waals surface area contributed by atoms with Crippen molar-refractivity contribution < 1.29 is 9.59 Å². The molecule has 16 heavy (non-hydrogen) atoms. The molecule has 0 aliphatic carbocycles. The molecule has 2 rings (SSSR count). The Balaban J connectivity index is 1.86. The number of imide groups is 1. The standard InChI is InChI=1S/C10H18N4O2/c1-7-4-13(5-8(7)11)6-9(15)14-3-2-12-10(14)16/h7-8H,2-6,11H2,1H3,(H,12,16). The summed E-state index contributed by atoms with van der Waals surface area (Å²) in [6, 6.07) is -0.137. The van der Waals surface area contributed by atoms with E-state index in [1.54, 1.807) is 0 Å². The molecule has 2 aliphatic heterocycles. The molecule has 6 heteroatoms. The highest BCUT2D eigenvalue weighted by molar-refractivity contribution is 5.96. The van der Waals surface area contributed by atoms with E-state index in [9.17, 15) is 9.59 Å². The van der Waals surface area contributed by atoms with E-state index in [1.807, 2.05) is 4.90 Å². The Labute approximate surface area is 94.7 Å². The highest BCUT2D eigenvalue weighted by Crippen LogP contribution is 2.14. The predicted molar refractivity (Wildman–Crippen MR) is 58.7 cm³/mol. The summed E-state index contributed by atoms with van der Waals surface area (Å²) in [6.45, 7) is 4.99. The van der Waals surface area contributed by atoms with Crippen LogP contribution < -0.4 is 11.1 Å². The Morgan fingerprint density at radius 2 is 2.31 bits per heavy atom. The van der Waals surface area contributed by atoms with Gasteiger partial charge in [0.1, 0.15) is 0 Å². The Morgan fingerprint density at radius 3 is 2.81 bits per heavy atom. The molecule has 0 aromatic rings. The molecule has 2 fully saturated rings. The maximum Gasteiger partial charge on any atom is 0.324 e. The summed E-state index contributed by atoms with van der Waals surface area (Å²) in [7, 11) is 0. The van der Waals surface area contributed by atoms with Gasteiger partial charge in [-0.05, 0) is 5.92 Å². The van der Waals surface area contributed by atoms with Crippen LogP contribution in [0.15, 0.2) is 0 Å². The van der Waals surface area contributed by atoms with E-state index in [1.165, 1.54) is 4.90 Å². The second kappa shape index (κ2) is 4.39. The zero-order valence-corrected chi connectivity index (χ0v) is 9.48. The zero-order chi connectivity index (χ0) is 11.7. The Morgan fingerprint density at radius 1 is 1.56 bits per heavy atom. The lowest BCUT2D eigenvalue weighted by atomic mass is 10.1. The van der Waals surface area contributed by atoms with Crippen molar-refractivity contribution in [2.45, 2.75) is 13.0 Å². The van der Waals surface area contributed by atoms with E-state index in [-0.39, 0.29) is 18.0 Å². The van der Waals surface area contributed by atoms with Crippen LogP contribution in [-0.4, -0.2) is 60.5 Å². The molecule has 0 aromatic carbocycles.